The van der Waals surface area contributed by atoms with E-state index in [4.69, 9.17) is 9.47 Å². The average Bonchev–Trinajstić information content (AvgIpc) is 3.29. The lowest BCUT2D eigenvalue weighted by Gasteiger charge is -2.14. The first-order valence-electron chi connectivity index (χ1n) is 8.32. The highest BCUT2D eigenvalue weighted by Crippen LogP contribution is 2.34. The Labute approximate surface area is 152 Å². The predicted octanol–water partition coefficient (Wildman–Crippen LogP) is 1.93. The molecule has 0 fully saturated rings. The van der Waals surface area contributed by atoms with E-state index < -0.39 is 0 Å². The van der Waals surface area contributed by atoms with E-state index in [1.807, 2.05) is 40.1 Å². The quantitative estimate of drug-likeness (QED) is 0.711. The van der Waals surface area contributed by atoms with Crippen molar-refractivity contribution in [3.63, 3.8) is 0 Å². The van der Waals surface area contributed by atoms with Gasteiger partial charge in [-0.2, -0.15) is 15.1 Å². The molecule has 0 aromatic carbocycles. The Morgan fingerprint density at radius 1 is 1.08 bits per heavy atom. The summed E-state index contributed by atoms with van der Waals surface area (Å²) in [7, 11) is 4.90. The maximum absolute atomic E-state index is 5.38. The van der Waals surface area contributed by atoms with E-state index in [2.05, 4.69) is 30.6 Å². The lowest BCUT2D eigenvalue weighted by molar-refractivity contribution is 0.368. The van der Waals surface area contributed by atoms with Crippen LogP contribution in [0, 0.1) is 0 Å². The first-order valence-corrected chi connectivity index (χ1v) is 8.32. The van der Waals surface area contributed by atoms with Crippen LogP contribution < -0.4 is 14.8 Å². The molecule has 0 saturated carbocycles. The van der Waals surface area contributed by atoms with Gasteiger partial charge in [0.15, 0.2) is 11.5 Å². The highest BCUT2D eigenvalue weighted by Gasteiger charge is 2.24. The molecule has 3 heterocycles. The van der Waals surface area contributed by atoms with Gasteiger partial charge in [0.1, 0.15) is 12.0 Å². The van der Waals surface area contributed by atoms with Gasteiger partial charge in [-0.25, -0.2) is 4.57 Å². The maximum Gasteiger partial charge on any atom is 0.245 e. The Kier molecular flexibility index (Phi) is 6.48. The monoisotopic (exact) mass is 360 g/mol. The Balaban J connectivity index is 0.00000117. The smallest absolute Gasteiger partial charge is 0.245 e. The third-order valence-corrected chi connectivity index (χ3v) is 3.31. The van der Waals surface area contributed by atoms with Gasteiger partial charge in [0.2, 0.25) is 17.7 Å². The standard InChI is InChI=1S/C14H18N8O2.C2H6/c1-5-15-14-19-18-11(9-6-7-21(2)20-9)22(14)10-12(23-3)16-8-17-13(10)24-4;1-2/h6-8H,5H2,1-4H3,(H,15,19);1-2H3. The molecular formula is C16H24N8O2. The van der Waals surface area contributed by atoms with Crippen molar-refractivity contribution in [2.24, 2.45) is 7.05 Å². The zero-order valence-corrected chi connectivity index (χ0v) is 15.9. The first kappa shape index (κ1) is 19.2. The van der Waals surface area contributed by atoms with Crippen molar-refractivity contribution in [3.05, 3.63) is 18.6 Å². The summed E-state index contributed by atoms with van der Waals surface area (Å²) in [4.78, 5) is 8.32. The molecule has 3 aromatic heterocycles. The van der Waals surface area contributed by atoms with Crippen molar-refractivity contribution in [1.29, 1.82) is 0 Å². The van der Waals surface area contributed by atoms with Crippen molar-refractivity contribution in [2.45, 2.75) is 20.8 Å². The molecular weight excluding hydrogens is 336 g/mol. The Bertz CT molecular complexity index is 820. The van der Waals surface area contributed by atoms with Crippen molar-refractivity contribution in [2.75, 3.05) is 26.1 Å². The van der Waals surface area contributed by atoms with Gasteiger partial charge < -0.3 is 14.8 Å². The lowest BCUT2D eigenvalue weighted by Crippen LogP contribution is -2.11. The van der Waals surface area contributed by atoms with E-state index >= 15 is 0 Å². The second-order valence-electron chi connectivity index (χ2n) is 4.83. The van der Waals surface area contributed by atoms with Gasteiger partial charge in [0.05, 0.1) is 14.2 Å². The molecule has 10 heteroatoms. The molecule has 0 amide bonds. The Morgan fingerprint density at radius 2 is 1.73 bits per heavy atom. The van der Waals surface area contributed by atoms with Crippen molar-refractivity contribution < 1.29 is 9.47 Å². The molecule has 140 valence electrons. The van der Waals surface area contributed by atoms with Crippen LogP contribution >= 0.6 is 0 Å². The molecule has 1 N–H and O–H groups in total. The molecule has 0 aliphatic heterocycles. The van der Waals surface area contributed by atoms with E-state index in [1.165, 1.54) is 20.5 Å². The lowest BCUT2D eigenvalue weighted by atomic mass is 10.3. The Hall–Kier alpha value is -3.17. The van der Waals surface area contributed by atoms with E-state index in [0.29, 0.717) is 41.5 Å². The van der Waals surface area contributed by atoms with E-state index in [-0.39, 0.29) is 0 Å². The summed E-state index contributed by atoms with van der Waals surface area (Å²) >= 11 is 0. The minimum absolute atomic E-state index is 0.345. The molecule has 3 rings (SSSR count). The molecule has 3 aromatic rings. The summed E-state index contributed by atoms with van der Waals surface area (Å²) in [6, 6.07) is 1.85. The van der Waals surface area contributed by atoms with Gasteiger partial charge in [-0.05, 0) is 13.0 Å². The van der Waals surface area contributed by atoms with Gasteiger partial charge >= 0.3 is 0 Å². The molecule has 0 atom stereocenters. The second kappa shape index (κ2) is 8.79. The van der Waals surface area contributed by atoms with Crippen LogP contribution in [0.3, 0.4) is 0 Å². The summed E-state index contributed by atoms with van der Waals surface area (Å²) in [5, 5.41) is 16.0. The summed E-state index contributed by atoms with van der Waals surface area (Å²) in [5.41, 5.74) is 1.16. The number of rotatable bonds is 6. The van der Waals surface area contributed by atoms with E-state index in [0.717, 1.165) is 0 Å². The van der Waals surface area contributed by atoms with Crippen LogP contribution in [-0.2, 0) is 7.05 Å². The Morgan fingerprint density at radius 3 is 2.23 bits per heavy atom. The molecule has 0 radical (unpaired) electrons. The third kappa shape index (κ3) is 3.58. The number of ether oxygens (including phenoxy) is 2. The average molecular weight is 360 g/mol. The number of hydrogen-bond acceptors (Lipinski definition) is 8. The second-order valence-corrected chi connectivity index (χ2v) is 4.83. The molecule has 0 aliphatic rings. The molecule has 0 unspecified atom stereocenters. The molecule has 0 saturated heterocycles. The fourth-order valence-corrected chi connectivity index (χ4v) is 2.31. The number of nitrogens with zero attached hydrogens (tertiary/aromatic N) is 7. The summed E-state index contributed by atoms with van der Waals surface area (Å²) < 4.78 is 14.2. The van der Waals surface area contributed by atoms with Crippen LogP contribution in [0.15, 0.2) is 18.6 Å². The first-order chi connectivity index (χ1) is 12.7. The zero-order valence-electron chi connectivity index (χ0n) is 15.9. The van der Waals surface area contributed by atoms with Gasteiger partial charge in [0, 0.05) is 19.8 Å². The fraction of sp³-hybridized carbons (Fsp3) is 0.438. The van der Waals surface area contributed by atoms with Crippen LogP contribution in [0.5, 0.6) is 11.8 Å². The summed E-state index contributed by atoms with van der Waals surface area (Å²) in [6.45, 7) is 6.63. The fourth-order valence-electron chi connectivity index (χ4n) is 2.31. The maximum atomic E-state index is 5.38. The van der Waals surface area contributed by atoms with E-state index in [9.17, 15) is 0 Å². The van der Waals surface area contributed by atoms with Crippen LogP contribution in [0.1, 0.15) is 20.8 Å². The van der Waals surface area contributed by atoms with Gasteiger partial charge in [-0.3, -0.25) is 4.68 Å². The van der Waals surface area contributed by atoms with Gasteiger partial charge in [-0.15, -0.1) is 10.2 Å². The molecule has 10 nitrogen and oxygen atoms in total. The van der Waals surface area contributed by atoms with Crippen molar-refractivity contribution in [1.82, 2.24) is 34.5 Å². The topological polar surface area (TPSA) is 105 Å². The highest BCUT2D eigenvalue weighted by molar-refractivity contribution is 5.63. The highest BCUT2D eigenvalue weighted by atomic mass is 16.5. The van der Waals surface area contributed by atoms with Gasteiger partial charge in [-0.1, -0.05) is 13.8 Å². The number of methoxy groups -OCH3 is 2. The summed E-state index contributed by atoms with van der Waals surface area (Å²) in [5.74, 6) is 1.73. The van der Waals surface area contributed by atoms with Gasteiger partial charge in [0.25, 0.3) is 0 Å². The third-order valence-electron chi connectivity index (χ3n) is 3.31. The normalized spacial score (nSPS) is 10.1. The molecule has 26 heavy (non-hydrogen) atoms. The number of nitrogens with one attached hydrogen (secondary N) is 1. The number of aromatic nitrogens is 7. The molecule has 0 bridgehead atoms. The minimum atomic E-state index is 0.345. The SMILES string of the molecule is CC.CCNc1nnc(-c2ccn(C)n2)n1-c1c(OC)ncnc1OC. The summed E-state index contributed by atoms with van der Waals surface area (Å²) in [6.07, 6.45) is 3.20. The molecule has 0 spiro atoms. The predicted molar refractivity (Wildman–Crippen MR) is 97.8 cm³/mol. The molecule has 0 aliphatic carbocycles. The van der Waals surface area contributed by atoms with Crippen LogP contribution in [-0.4, -0.2) is 55.3 Å². The zero-order chi connectivity index (χ0) is 19.1. The van der Waals surface area contributed by atoms with Crippen LogP contribution in [0.4, 0.5) is 5.95 Å². The number of anilines is 1. The number of aryl methyl sites for hydroxylation is 1. The van der Waals surface area contributed by atoms with Crippen LogP contribution in [0.25, 0.3) is 17.2 Å². The largest absolute Gasteiger partial charge is 0.479 e. The van der Waals surface area contributed by atoms with Crippen molar-refractivity contribution >= 4 is 5.95 Å². The van der Waals surface area contributed by atoms with Crippen molar-refractivity contribution in [3.8, 4) is 29.0 Å². The number of hydrogen-bond donors (Lipinski definition) is 1. The van der Waals surface area contributed by atoms with Crippen LogP contribution in [0.2, 0.25) is 0 Å². The van der Waals surface area contributed by atoms with E-state index in [1.54, 1.807) is 9.25 Å². The minimum Gasteiger partial charge on any atom is -0.479 e.